The molecule has 2 aromatic carbocycles. The number of nitrogens with zero attached hydrogens (tertiary/aromatic N) is 6. The van der Waals surface area contributed by atoms with Crippen LogP contribution in [0.25, 0.3) is 10.9 Å². The van der Waals surface area contributed by atoms with Gasteiger partial charge in [0.1, 0.15) is 11.8 Å². The van der Waals surface area contributed by atoms with Gasteiger partial charge in [-0.25, -0.2) is 4.68 Å². The van der Waals surface area contributed by atoms with E-state index in [4.69, 9.17) is 4.74 Å². The molecule has 1 N–H and O–H groups in total. The minimum atomic E-state index is -0.394. The number of methoxy groups -OCH3 is 1. The fourth-order valence-corrected chi connectivity index (χ4v) is 5.15. The zero-order valence-electron chi connectivity index (χ0n) is 22.4. The van der Waals surface area contributed by atoms with Crippen LogP contribution in [-0.2, 0) is 5.54 Å². The molecule has 0 bridgehead atoms. The van der Waals surface area contributed by atoms with E-state index in [2.05, 4.69) is 83.1 Å². The van der Waals surface area contributed by atoms with Crippen molar-refractivity contribution < 1.29 is 4.74 Å². The zero-order valence-corrected chi connectivity index (χ0v) is 22.4. The van der Waals surface area contributed by atoms with Gasteiger partial charge in [-0.3, -0.25) is 9.69 Å². The predicted octanol–water partition coefficient (Wildman–Crippen LogP) is 3.81. The number of aryl methyl sites for hydroxylation is 2. The van der Waals surface area contributed by atoms with Crippen molar-refractivity contribution in [3.05, 3.63) is 75.3 Å². The van der Waals surface area contributed by atoms with Crippen LogP contribution >= 0.6 is 0 Å². The molecule has 1 saturated heterocycles. The Bertz CT molecular complexity index is 1480. The van der Waals surface area contributed by atoms with Crippen LogP contribution in [0.4, 0.5) is 5.69 Å². The molecule has 1 aliphatic heterocycles. The van der Waals surface area contributed by atoms with E-state index in [1.54, 1.807) is 7.11 Å². The second-order valence-electron chi connectivity index (χ2n) is 10.8. The lowest BCUT2D eigenvalue weighted by atomic mass is 10.0. The van der Waals surface area contributed by atoms with Crippen molar-refractivity contribution in [2.45, 2.75) is 46.2 Å². The summed E-state index contributed by atoms with van der Waals surface area (Å²) in [6.45, 7) is 13.7. The van der Waals surface area contributed by atoms with Crippen LogP contribution < -0.4 is 15.2 Å². The summed E-state index contributed by atoms with van der Waals surface area (Å²) in [5.74, 6) is 1.41. The molecule has 0 saturated carbocycles. The SMILES string of the molecule is COc1ccc2[nH]c(=O)c([C@@H](c3nnnn3C(C)(C)C)N3CCN(c4cc(C)ccc4C)CC3)cc2c1. The minimum Gasteiger partial charge on any atom is -0.497 e. The first-order chi connectivity index (χ1) is 17.7. The monoisotopic (exact) mass is 501 g/mol. The van der Waals surface area contributed by atoms with Crippen molar-refractivity contribution in [2.75, 3.05) is 38.2 Å². The molecule has 3 heterocycles. The first-order valence-corrected chi connectivity index (χ1v) is 12.7. The second-order valence-corrected chi connectivity index (χ2v) is 10.8. The van der Waals surface area contributed by atoms with Crippen molar-refractivity contribution in [3.63, 3.8) is 0 Å². The van der Waals surface area contributed by atoms with Crippen LogP contribution in [0.3, 0.4) is 0 Å². The Morgan fingerprint density at radius 1 is 1.00 bits per heavy atom. The highest BCUT2D eigenvalue weighted by molar-refractivity contribution is 5.80. The van der Waals surface area contributed by atoms with E-state index in [9.17, 15) is 4.79 Å². The fourth-order valence-electron chi connectivity index (χ4n) is 5.15. The number of fused-ring (bicyclic) bond motifs is 1. The highest BCUT2D eigenvalue weighted by Gasteiger charge is 2.35. The Kier molecular flexibility index (Phi) is 6.49. The summed E-state index contributed by atoms with van der Waals surface area (Å²) in [7, 11) is 1.64. The van der Waals surface area contributed by atoms with Gasteiger partial charge in [0.25, 0.3) is 5.56 Å². The molecule has 0 amide bonds. The summed E-state index contributed by atoms with van der Waals surface area (Å²) >= 11 is 0. The second kappa shape index (κ2) is 9.63. The summed E-state index contributed by atoms with van der Waals surface area (Å²) in [6, 6.07) is 13.8. The Labute approximate surface area is 217 Å². The number of ether oxygens (including phenoxy) is 1. The maximum atomic E-state index is 13.5. The number of tetrazole rings is 1. The normalized spacial score (nSPS) is 15.8. The van der Waals surface area contributed by atoms with E-state index in [1.807, 2.05) is 28.9 Å². The maximum absolute atomic E-state index is 13.5. The van der Waals surface area contributed by atoms with E-state index >= 15 is 0 Å². The largest absolute Gasteiger partial charge is 0.497 e. The lowest BCUT2D eigenvalue weighted by Gasteiger charge is -2.40. The molecule has 37 heavy (non-hydrogen) atoms. The highest BCUT2D eigenvalue weighted by atomic mass is 16.5. The minimum absolute atomic E-state index is 0.136. The van der Waals surface area contributed by atoms with Gasteiger partial charge in [-0.1, -0.05) is 12.1 Å². The molecule has 5 rings (SSSR count). The van der Waals surface area contributed by atoms with E-state index in [0.29, 0.717) is 11.4 Å². The number of H-pyrrole nitrogens is 1. The number of pyridine rings is 1. The van der Waals surface area contributed by atoms with Gasteiger partial charge in [0.2, 0.25) is 0 Å². The smallest absolute Gasteiger partial charge is 0.253 e. The molecular formula is C28H35N7O2. The summed E-state index contributed by atoms with van der Waals surface area (Å²) in [6.07, 6.45) is 0. The van der Waals surface area contributed by atoms with Crippen molar-refractivity contribution in [1.29, 1.82) is 0 Å². The first kappa shape index (κ1) is 25.0. The Hall–Kier alpha value is -3.72. The number of rotatable bonds is 5. The van der Waals surface area contributed by atoms with Gasteiger partial charge in [0, 0.05) is 48.3 Å². The lowest BCUT2D eigenvalue weighted by molar-refractivity contribution is 0.190. The Morgan fingerprint density at radius 3 is 2.46 bits per heavy atom. The van der Waals surface area contributed by atoms with Crippen molar-refractivity contribution >= 4 is 16.6 Å². The average Bonchev–Trinajstić information content (AvgIpc) is 3.36. The third-order valence-corrected chi connectivity index (χ3v) is 7.13. The Balaban J connectivity index is 1.56. The van der Waals surface area contributed by atoms with Crippen LogP contribution in [-0.4, -0.2) is 63.4 Å². The highest BCUT2D eigenvalue weighted by Crippen LogP contribution is 2.32. The van der Waals surface area contributed by atoms with Gasteiger partial charge in [-0.2, -0.15) is 0 Å². The fraction of sp³-hybridized carbons (Fsp3) is 0.429. The zero-order chi connectivity index (χ0) is 26.3. The summed E-state index contributed by atoms with van der Waals surface area (Å²) < 4.78 is 7.27. The van der Waals surface area contributed by atoms with Gasteiger partial charge >= 0.3 is 0 Å². The van der Waals surface area contributed by atoms with Gasteiger partial charge in [0.05, 0.1) is 12.6 Å². The van der Waals surface area contributed by atoms with Crippen LogP contribution in [0.15, 0.2) is 47.3 Å². The lowest BCUT2D eigenvalue weighted by Crippen LogP contribution is -2.49. The van der Waals surface area contributed by atoms with E-state index in [-0.39, 0.29) is 11.1 Å². The molecule has 0 spiro atoms. The summed E-state index contributed by atoms with van der Waals surface area (Å²) in [5.41, 5.74) is 4.71. The van der Waals surface area contributed by atoms with Gasteiger partial charge < -0.3 is 14.6 Å². The van der Waals surface area contributed by atoms with Crippen LogP contribution in [0.5, 0.6) is 5.75 Å². The number of piperazine rings is 1. The maximum Gasteiger partial charge on any atom is 0.253 e. The molecule has 0 aliphatic carbocycles. The molecule has 0 unspecified atom stereocenters. The van der Waals surface area contributed by atoms with E-state index < -0.39 is 6.04 Å². The van der Waals surface area contributed by atoms with E-state index in [1.165, 1.54) is 16.8 Å². The van der Waals surface area contributed by atoms with Crippen LogP contribution in [0.1, 0.15) is 49.3 Å². The molecule has 0 radical (unpaired) electrons. The average molecular weight is 502 g/mol. The summed E-state index contributed by atoms with van der Waals surface area (Å²) in [5, 5.41) is 13.7. The first-order valence-electron chi connectivity index (χ1n) is 12.7. The topological polar surface area (TPSA) is 92.2 Å². The molecule has 9 heteroatoms. The number of benzene rings is 2. The predicted molar refractivity (Wildman–Crippen MR) is 145 cm³/mol. The molecule has 1 atom stereocenters. The molecule has 194 valence electrons. The molecule has 4 aromatic rings. The number of hydrogen-bond acceptors (Lipinski definition) is 7. The van der Waals surface area contributed by atoms with Crippen molar-refractivity contribution in [3.8, 4) is 5.75 Å². The van der Waals surface area contributed by atoms with Crippen molar-refractivity contribution in [2.24, 2.45) is 0 Å². The quantitative estimate of drug-likeness (QED) is 0.445. The molecule has 1 fully saturated rings. The number of aromatic amines is 1. The third kappa shape index (κ3) is 4.83. The van der Waals surface area contributed by atoms with Gasteiger partial charge in [-0.15, -0.1) is 5.10 Å². The number of anilines is 1. The van der Waals surface area contributed by atoms with Gasteiger partial charge in [-0.05, 0) is 86.5 Å². The third-order valence-electron chi connectivity index (χ3n) is 7.13. The number of hydrogen-bond donors (Lipinski definition) is 1. The Morgan fingerprint density at radius 2 is 1.76 bits per heavy atom. The standard InChI is InChI=1S/C28H35N7O2/c1-18-7-8-19(2)24(15-18)33-11-13-34(14-12-33)25(26-30-31-32-35(26)28(3,4)5)22-17-20-16-21(37-6)9-10-23(20)29-27(22)36/h7-10,15-17,25H,11-14H2,1-6H3,(H,29,36)/t25-/m0/s1. The van der Waals surface area contributed by atoms with E-state index in [0.717, 1.165) is 42.8 Å². The van der Waals surface area contributed by atoms with Crippen LogP contribution in [0.2, 0.25) is 0 Å². The molecule has 1 aliphatic rings. The van der Waals surface area contributed by atoms with Crippen molar-refractivity contribution in [1.82, 2.24) is 30.1 Å². The molecule has 2 aromatic heterocycles. The molecular weight excluding hydrogens is 466 g/mol. The van der Waals surface area contributed by atoms with Gasteiger partial charge in [0.15, 0.2) is 5.82 Å². The number of nitrogens with one attached hydrogen (secondary N) is 1. The summed E-state index contributed by atoms with van der Waals surface area (Å²) in [4.78, 5) is 21.3. The molecule has 9 nitrogen and oxygen atoms in total. The number of aromatic nitrogens is 5. The van der Waals surface area contributed by atoms with Crippen LogP contribution in [0, 0.1) is 13.8 Å².